The fourth-order valence-corrected chi connectivity index (χ4v) is 4.24. The average molecular weight is 450 g/mol. The molecule has 1 amide bonds. The van der Waals surface area contributed by atoms with Crippen LogP contribution >= 0.6 is 11.6 Å². The number of rotatable bonds is 3. The van der Waals surface area contributed by atoms with E-state index in [9.17, 15) is 4.79 Å². The van der Waals surface area contributed by atoms with Gasteiger partial charge in [0, 0.05) is 24.0 Å². The van der Waals surface area contributed by atoms with Crippen LogP contribution in [0.15, 0.2) is 42.9 Å². The van der Waals surface area contributed by atoms with Crippen LogP contribution < -0.4 is 21.3 Å². The lowest BCUT2D eigenvalue weighted by Gasteiger charge is -2.15. The molecule has 0 saturated carbocycles. The van der Waals surface area contributed by atoms with Crippen molar-refractivity contribution in [1.29, 1.82) is 0 Å². The number of hydrogen-bond acceptors (Lipinski definition) is 7. The number of nitrogens with zero attached hydrogens (tertiary/aromatic N) is 3. The maximum atomic E-state index is 12.7. The summed E-state index contributed by atoms with van der Waals surface area (Å²) in [4.78, 5) is 25.8. The van der Waals surface area contributed by atoms with E-state index in [0.29, 0.717) is 29.1 Å². The summed E-state index contributed by atoms with van der Waals surface area (Å²) in [5.74, 6) is 1.39. The van der Waals surface area contributed by atoms with E-state index in [0.717, 1.165) is 60.5 Å². The van der Waals surface area contributed by atoms with Crippen LogP contribution in [0.5, 0.6) is 0 Å². The van der Waals surface area contributed by atoms with E-state index in [1.54, 1.807) is 12.4 Å². The number of aryl methyl sites for hydroxylation is 2. The fraction of sp³-hybridized carbons (Fsp3) is 0.304. The number of aromatic nitrogens is 3. The van der Waals surface area contributed by atoms with Crippen molar-refractivity contribution in [3.05, 3.63) is 59.0 Å². The van der Waals surface area contributed by atoms with Gasteiger partial charge in [-0.25, -0.2) is 4.98 Å². The van der Waals surface area contributed by atoms with E-state index >= 15 is 0 Å². The van der Waals surface area contributed by atoms with Crippen LogP contribution in [-0.4, -0.2) is 33.9 Å². The number of anilines is 5. The third kappa shape index (κ3) is 4.81. The Morgan fingerprint density at radius 2 is 2.06 bits per heavy atom. The molecule has 8 nitrogen and oxygen atoms in total. The Kier molecular flexibility index (Phi) is 5.87. The first kappa shape index (κ1) is 20.7. The van der Waals surface area contributed by atoms with Gasteiger partial charge in [-0.05, 0) is 73.7 Å². The Morgan fingerprint density at radius 3 is 2.94 bits per heavy atom. The predicted molar refractivity (Wildman–Crippen MR) is 126 cm³/mol. The second kappa shape index (κ2) is 9.10. The predicted octanol–water partition coefficient (Wildman–Crippen LogP) is 4.05. The van der Waals surface area contributed by atoms with Gasteiger partial charge in [-0.1, -0.05) is 11.6 Å². The number of carbonyl (C=O) groups excluding carboxylic acids is 1. The second-order valence-corrected chi connectivity index (χ2v) is 8.61. The summed E-state index contributed by atoms with van der Waals surface area (Å²) in [6.45, 7) is 1.89. The number of hydrogen-bond donors (Lipinski definition) is 4. The summed E-state index contributed by atoms with van der Waals surface area (Å²) in [5, 5.41) is 13.3. The van der Waals surface area contributed by atoms with Crippen LogP contribution in [0, 0.1) is 5.92 Å². The molecule has 6 bridgehead atoms. The molecule has 0 spiro atoms. The summed E-state index contributed by atoms with van der Waals surface area (Å²) in [6, 6.07) is 7.92. The molecule has 2 aliphatic heterocycles. The van der Waals surface area contributed by atoms with Gasteiger partial charge >= 0.3 is 0 Å². The first-order chi connectivity index (χ1) is 15.6. The topological polar surface area (TPSA) is 104 Å². The number of benzene rings is 1. The van der Waals surface area contributed by atoms with Crippen LogP contribution in [0.25, 0.3) is 0 Å². The second-order valence-electron chi connectivity index (χ2n) is 8.21. The van der Waals surface area contributed by atoms with Gasteiger partial charge in [-0.2, -0.15) is 4.98 Å². The van der Waals surface area contributed by atoms with Crippen LogP contribution in [-0.2, 0) is 17.6 Å². The molecular formula is C23H24ClN7O. The molecule has 4 N–H and O–H groups in total. The Balaban J connectivity index is 1.46. The van der Waals surface area contributed by atoms with E-state index < -0.39 is 0 Å². The molecule has 0 aliphatic carbocycles. The summed E-state index contributed by atoms with van der Waals surface area (Å²) in [5.41, 5.74) is 4.60. The summed E-state index contributed by atoms with van der Waals surface area (Å²) in [7, 11) is 0. The SMILES string of the molecule is O=C(C[C@@H]1CCNC1)Nc1ccc2cc1CCc1cncc(c1)Nc1ncc(Cl)c(n1)N2. The third-order valence-electron chi connectivity index (χ3n) is 5.76. The molecule has 1 fully saturated rings. The standard InChI is InChI=1S/C23H24ClN7O/c24-19-13-27-23-29-18-7-14(11-26-12-18)1-2-16-9-17(28-22(19)31-23)3-4-20(16)30-21(32)8-15-5-6-25-10-15/h3-4,7,9,11-13,15,25H,1-2,5-6,8,10H2,(H,30,32)(H2,27,28,29,31)/t15-/m0/s1. The first-order valence-corrected chi connectivity index (χ1v) is 11.1. The van der Waals surface area contributed by atoms with Gasteiger partial charge in [0.25, 0.3) is 0 Å². The maximum Gasteiger partial charge on any atom is 0.229 e. The van der Waals surface area contributed by atoms with Crippen molar-refractivity contribution in [1.82, 2.24) is 20.3 Å². The summed E-state index contributed by atoms with van der Waals surface area (Å²) in [6.07, 6.45) is 8.25. The quantitative estimate of drug-likeness (QED) is 0.478. The minimum atomic E-state index is 0.0509. The molecule has 32 heavy (non-hydrogen) atoms. The van der Waals surface area contributed by atoms with Gasteiger partial charge < -0.3 is 21.3 Å². The highest BCUT2D eigenvalue weighted by molar-refractivity contribution is 6.32. The minimum Gasteiger partial charge on any atom is -0.339 e. The molecule has 1 aromatic carbocycles. The van der Waals surface area contributed by atoms with E-state index in [2.05, 4.69) is 36.2 Å². The Morgan fingerprint density at radius 1 is 1.12 bits per heavy atom. The van der Waals surface area contributed by atoms with Crippen LogP contribution in [0.1, 0.15) is 24.0 Å². The molecule has 2 aliphatic rings. The van der Waals surface area contributed by atoms with Crippen LogP contribution in [0.3, 0.4) is 0 Å². The van der Waals surface area contributed by atoms with Crippen molar-refractivity contribution in [2.24, 2.45) is 5.92 Å². The number of nitrogens with one attached hydrogen (secondary N) is 4. The zero-order chi connectivity index (χ0) is 21.9. The zero-order valence-electron chi connectivity index (χ0n) is 17.5. The molecule has 3 aromatic rings. The zero-order valence-corrected chi connectivity index (χ0v) is 18.2. The van der Waals surface area contributed by atoms with Gasteiger partial charge in [0.15, 0.2) is 5.82 Å². The highest BCUT2D eigenvalue weighted by atomic mass is 35.5. The molecule has 2 aromatic heterocycles. The highest BCUT2D eigenvalue weighted by Crippen LogP contribution is 2.29. The number of fused-ring (bicyclic) bond motifs is 6. The van der Waals surface area contributed by atoms with E-state index in [1.807, 2.05) is 30.5 Å². The van der Waals surface area contributed by atoms with Gasteiger partial charge in [0.2, 0.25) is 11.9 Å². The van der Waals surface area contributed by atoms with Gasteiger partial charge in [-0.15, -0.1) is 0 Å². The molecule has 1 atom stereocenters. The summed E-state index contributed by atoms with van der Waals surface area (Å²) < 4.78 is 0. The first-order valence-electron chi connectivity index (χ1n) is 10.8. The third-order valence-corrected chi connectivity index (χ3v) is 6.03. The monoisotopic (exact) mass is 449 g/mol. The lowest BCUT2D eigenvalue weighted by Crippen LogP contribution is -2.19. The van der Waals surface area contributed by atoms with Crippen LogP contribution in [0.4, 0.5) is 28.8 Å². The lowest BCUT2D eigenvalue weighted by atomic mass is 10.0. The molecule has 0 radical (unpaired) electrons. The molecule has 4 heterocycles. The van der Waals surface area contributed by atoms with E-state index in [4.69, 9.17) is 11.6 Å². The van der Waals surface area contributed by atoms with Gasteiger partial charge in [-0.3, -0.25) is 9.78 Å². The van der Waals surface area contributed by atoms with Crippen molar-refractivity contribution < 1.29 is 4.79 Å². The number of halogens is 1. The van der Waals surface area contributed by atoms with Crippen molar-refractivity contribution in [3.63, 3.8) is 0 Å². The van der Waals surface area contributed by atoms with Gasteiger partial charge in [0.05, 0.1) is 18.1 Å². The smallest absolute Gasteiger partial charge is 0.229 e. The summed E-state index contributed by atoms with van der Waals surface area (Å²) >= 11 is 6.32. The Hall–Kier alpha value is -3.23. The van der Waals surface area contributed by atoms with Crippen LogP contribution in [0.2, 0.25) is 5.02 Å². The Bertz CT molecular complexity index is 1150. The van der Waals surface area contributed by atoms with Crippen molar-refractivity contribution in [2.75, 3.05) is 29.0 Å². The number of pyridine rings is 1. The maximum absolute atomic E-state index is 12.7. The largest absolute Gasteiger partial charge is 0.339 e. The van der Waals surface area contributed by atoms with Crippen molar-refractivity contribution in [3.8, 4) is 0 Å². The molecule has 0 unspecified atom stereocenters. The highest BCUT2D eigenvalue weighted by Gasteiger charge is 2.19. The molecule has 5 rings (SSSR count). The average Bonchev–Trinajstić information content (AvgIpc) is 3.29. The van der Waals surface area contributed by atoms with E-state index in [-0.39, 0.29) is 5.91 Å². The molecule has 164 valence electrons. The van der Waals surface area contributed by atoms with Gasteiger partial charge in [0.1, 0.15) is 5.02 Å². The number of amides is 1. The van der Waals surface area contributed by atoms with Crippen molar-refractivity contribution in [2.45, 2.75) is 25.7 Å². The molecule has 1 saturated heterocycles. The molecule has 9 heteroatoms. The van der Waals surface area contributed by atoms with Crippen molar-refractivity contribution >= 4 is 46.3 Å². The lowest BCUT2D eigenvalue weighted by molar-refractivity contribution is -0.116. The van der Waals surface area contributed by atoms with E-state index in [1.165, 1.54) is 0 Å². The fourth-order valence-electron chi connectivity index (χ4n) is 4.10. The Labute approximate surface area is 191 Å². The minimum absolute atomic E-state index is 0.0509. The number of carbonyl (C=O) groups is 1. The molecular weight excluding hydrogens is 426 g/mol. The normalized spacial score (nSPS) is 17.2.